The summed E-state index contributed by atoms with van der Waals surface area (Å²) in [6.07, 6.45) is 1.48. The average molecular weight is 387 g/mol. The van der Waals surface area contributed by atoms with Gasteiger partial charge in [0, 0.05) is 0 Å². The number of cyclic esters (lactones) is 1. The van der Waals surface area contributed by atoms with E-state index in [1.807, 2.05) is 0 Å². The van der Waals surface area contributed by atoms with Gasteiger partial charge in [0.1, 0.15) is 11.6 Å². The Kier molecular flexibility index (Phi) is 4.99. The fourth-order valence-electron chi connectivity index (χ4n) is 2.72. The summed E-state index contributed by atoms with van der Waals surface area (Å²) in [6, 6.07) is 21.1. The lowest BCUT2D eigenvalue weighted by atomic mass is 10.2. The first-order valence-corrected chi connectivity index (χ1v) is 8.75. The van der Waals surface area contributed by atoms with E-state index in [2.05, 4.69) is 4.99 Å². The molecule has 1 heterocycles. The number of carbonyl (C=O) groups is 2. The fourth-order valence-corrected chi connectivity index (χ4v) is 2.72. The van der Waals surface area contributed by atoms with Crippen LogP contribution in [0, 0.1) is 5.82 Å². The summed E-state index contributed by atoms with van der Waals surface area (Å²) in [7, 11) is 0. The minimum atomic E-state index is -0.685. The van der Waals surface area contributed by atoms with Gasteiger partial charge in [-0.2, -0.15) is 0 Å². The highest BCUT2D eigenvalue weighted by molar-refractivity contribution is 6.13. The molecule has 29 heavy (non-hydrogen) atoms. The van der Waals surface area contributed by atoms with Crippen molar-refractivity contribution >= 4 is 23.9 Å². The zero-order valence-corrected chi connectivity index (χ0v) is 15.0. The largest absolute Gasteiger partial charge is 0.423 e. The molecule has 0 unspecified atom stereocenters. The summed E-state index contributed by atoms with van der Waals surface area (Å²) >= 11 is 0. The lowest BCUT2D eigenvalue weighted by Crippen LogP contribution is -2.08. The van der Waals surface area contributed by atoms with Crippen molar-refractivity contribution in [3.8, 4) is 5.75 Å². The molecule has 0 radical (unpaired) electrons. The molecule has 4 rings (SSSR count). The highest BCUT2D eigenvalue weighted by Gasteiger charge is 2.25. The van der Waals surface area contributed by atoms with Crippen molar-refractivity contribution in [1.29, 1.82) is 0 Å². The number of carbonyl (C=O) groups excluding carboxylic acids is 2. The Bertz CT molecular complexity index is 1150. The van der Waals surface area contributed by atoms with Gasteiger partial charge >= 0.3 is 11.9 Å². The predicted octanol–water partition coefficient (Wildman–Crippen LogP) is 4.39. The maximum absolute atomic E-state index is 13.9. The molecule has 0 atom stereocenters. The summed E-state index contributed by atoms with van der Waals surface area (Å²) in [6.45, 7) is 0. The van der Waals surface area contributed by atoms with Crippen LogP contribution in [0.25, 0.3) is 6.08 Å². The normalized spacial score (nSPS) is 14.4. The van der Waals surface area contributed by atoms with Crippen LogP contribution in [0.3, 0.4) is 0 Å². The summed E-state index contributed by atoms with van der Waals surface area (Å²) in [5.74, 6) is -1.48. The van der Waals surface area contributed by atoms with Crippen LogP contribution in [-0.4, -0.2) is 17.8 Å². The van der Waals surface area contributed by atoms with Crippen molar-refractivity contribution in [2.24, 2.45) is 4.99 Å². The third-order valence-electron chi connectivity index (χ3n) is 4.11. The SMILES string of the molecule is O=C1OC(c2ccccc2F)=N/C1=C\c1cccc(OC(=O)c2ccccc2)c1. The smallest absolute Gasteiger partial charge is 0.363 e. The van der Waals surface area contributed by atoms with Gasteiger partial charge in [-0.05, 0) is 48.0 Å². The molecule has 0 aromatic heterocycles. The molecule has 0 fully saturated rings. The number of ether oxygens (including phenoxy) is 2. The summed E-state index contributed by atoms with van der Waals surface area (Å²) in [5.41, 5.74) is 1.13. The van der Waals surface area contributed by atoms with Gasteiger partial charge in [-0.25, -0.2) is 19.0 Å². The second-order valence-corrected chi connectivity index (χ2v) is 6.14. The number of hydrogen-bond acceptors (Lipinski definition) is 5. The molecule has 142 valence electrons. The second-order valence-electron chi connectivity index (χ2n) is 6.14. The van der Waals surface area contributed by atoms with Gasteiger partial charge in [-0.1, -0.05) is 42.5 Å². The first kappa shape index (κ1) is 18.3. The molecule has 0 saturated heterocycles. The Hall–Kier alpha value is -4.06. The Morgan fingerprint density at radius 2 is 1.72 bits per heavy atom. The highest BCUT2D eigenvalue weighted by atomic mass is 19.1. The third kappa shape index (κ3) is 4.11. The molecule has 5 nitrogen and oxygen atoms in total. The van der Waals surface area contributed by atoms with Gasteiger partial charge in [-0.3, -0.25) is 0 Å². The molecule has 6 heteroatoms. The second kappa shape index (κ2) is 7.90. The van der Waals surface area contributed by atoms with Gasteiger partial charge in [-0.15, -0.1) is 0 Å². The van der Waals surface area contributed by atoms with Crippen molar-refractivity contribution in [3.63, 3.8) is 0 Å². The average Bonchev–Trinajstić information content (AvgIpc) is 3.09. The zero-order chi connectivity index (χ0) is 20.2. The zero-order valence-electron chi connectivity index (χ0n) is 15.0. The summed E-state index contributed by atoms with van der Waals surface area (Å²) in [5, 5.41) is 0. The van der Waals surface area contributed by atoms with Gasteiger partial charge < -0.3 is 9.47 Å². The van der Waals surface area contributed by atoms with Crippen molar-refractivity contribution in [3.05, 3.63) is 107 Å². The number of aliphatic imine (C=N–C) groups is 1. The predicted molar refractivity (Wildman–Crippen MR) is 105 cm³/mol. The maximum Gasteiger partial charge on any atom is 0.363 e. The lowest BCUT2D eigenvalue weighted by molar-refractivity contribution is -0.129. The fraction of sp³-hybridized carbons (Fsp3) is 0. The third-order valence-corrected chi connectivity index (χ3v) is 4.11. The highest BCUT2D eigenvalue weighted by Crippen LogP contribution is 2.22. The molecule has 0 saturated carbocycles. The van der Waals surface area contributed by atoms with Crippen LogP contribution in [0.1, 0.15) is 21.5 Å². The number of halogens is 1. The summed E-state index contributed by atoms with van der Waals surface area (Å²) in [4.78, 5) is 28.4. The van der Waals surface area contributed by atoms with Crippen LogP contribution in [0.4, 0.5) is 4.39 Å². The summed E-state index contributed by atoms with van der Waals surface area (Å²) < 4.78 is 24.3. The minimum Gasteiger partial charge on any atom is -0.423 e. The van der Waals surface area contributed by atoms with Crippen molar-refractivity contribution in [2.45, 2.75) is 0 Å². The Labute approximate surface area is 165 Å². The van der Waals surface area contributed by atoms with Crippen LogP contribution in [0.5, 0.6) is 5.75 Å². The Morgan fingerprint density at radius 1 is 0.966 bits per heavy atom. The van der Waals surface area contributed by atoms with Crippen LogP contribution >= 0.6 is 0 Å². The molecule has 0 bridgehead atoms. The van der Waals surface area contributed by atoms with Gasteiger partial charge in [0.05, 0.1) is 11.1 Å². The van der Waals surface area contributed by atoms with Crippen molar-refractivity contribution in [2.75, 3.05) is 0 Å². The maximum atomic E-state index is 13.9. The molecule has 0 amide bonds. The Balaban J connectivity index is 1.57. The van der Waals surface area contributed by atoms with E-state index < -0.39 is 17.8 Å². The van der Waals surface area contributed by atoms with Gasteiger partial charge in [0.2, 0.25) is 5.90 Å². The molecule has 0 N–H and O–H groups in total. The van der Waals surface area contributed by atoms with Gasteiger partial charge in [0.25, 0.3) is 0 Å². The number of esters is 2. The van der Waals surface area contributed by atoms with E-state index in [1.54, 1.807) is 60.7 Å². The van der Waals surface area contributed by atoms with Crippen LogP contribution in [-0.2, 0) is 9.53 Å². The van der Waals surface area contributed by atoms with Crippen molar-refractivity contribution < 1.29 is 23.5 Å². The molecule has 1 aliphatic rings. The van der Waals surface area contributed by atoms with E-state index in [-0.39, 0.29) is 17.2 Å². The minimum absolute atomic E-state index is 0.0230. The quantitative estimate of drug-likeness (QED) is 0.378. The molecule has 1 aliphatic heterocycles. The first-order chi connectivity index (χ1) is 14.1. The van der Waals surface area contributed by atoms with Crippen molar-refractivity contribution in [1.82, 2.24) is 0 Å². The van der Waals surface area contributed by atoms with E-state index in [0.717, 1.165) is 0 Å². The van der Waals surface area contributed by atoms with E-state index in [1.165, 1.54) is 24.3 Å². The van der Waals surface area contributed by atoms with E-state index in [0.29, 0.717) is 16.9 Å². The Morgan fingerprint density at radius 3 is 2.52 bits per heavy atom. The molecule has 3 aromatic rings. The standard InChI is InChI=1S/C23H14FNO4/c24-19-12-5-4-11-18(19)21-25-20(23(27)29-21)14-15-7-6-10-17(13-15)28-22(26)16-8-2-1-3-9-16/h1-14H/b20-14-. The van der Waals surface area contributed by atoms with Crippen LogP contribution in [0.15, 0.2) is 89.6 Å². The molecular weight excluding hydrogens is 373 g/mol. The number of rotatable bonds is 4. The van der Waals surface area contributed by atoms with Gasteiger partial charge in [0.15, 0.2) is 5.70 Å². The van der Waals surface area contributed by atoms with E-state index in [9.17, 15) is 14.0 Å². The van der Waals surface area contributed by atoms with Crippen LogP contribution < -0.4 is 4.74 Å². The number of nitrogens with zero attached hydrogens (tertiary/aromatic N) is 1. The molecular formula is C23H14FNO4. The molecule has 0 spiro atoms. The lowest BCUT2D eigenvalue weighted by Gasteiger charge is -2.05. The molecule has 0 aliphatic carbocycles. The van der Waals surface area contributed by atoms with E-state index in [4.69, 9.17) is 9.47 Å². The molecule has 3 aromatic carbocycles. The monoisotopic (exact) mass is 387 g/mol. The number of hydrogen-bond donors (Lipinski definition) is 0. The van der Waals surface area contributed by atoms with Crippen LogP contribution in [0.2, 0.25) is 0 Å². The topological polar surface area (TPSA) is 65.0 Å². The number of benzene rings is 3. The first-order valence-electron chi connectivity index (χ1n) is 8.75. The van der Waals surface area contributed by atoms with E-state index >= 15 is 0 Å².